The molecule has 1 saturated carbocycles. The number of amidine groups is 1. The third kappa shape index (κ3) is 1.94. The Balaban J connectivity index is 2.25. The largest absolute Gasteiger partial charge is 0.409 e. The zero-order valence-electron chi connectivity index (χ0n) is 8.21. The Kier molecular flexibility index (Phi) is 2.46. The fourth-order valence-electron chi connectivity index (χ4n) is 1.22. The van der Waals surface area contributed by atoms with Crippen LogP contribution < -0.4 is 10.5 Å². The van der Waals surface area contributed by atoms with Gasteiger partial charge in [0.1, 0.15) is 5.82 Å². The molecule has 8 nitrogen and oxygen atoms in total. The summed E-state index contributed by atoms with van der Waals surface area (Å²) in [5, 5.41) is 17.0. The molecular weight excluding hydrogens is 234 g/mol. The number of nitrogens with one attached hydrogen (secondary N) is 2. The number of hydrogen-bond donors (Lipinski definition) is 4. The van der Waals surface area contributed by atoms with Gasteiger partial charge in [-0.05, 0) is 12.8 Å². The molecule has 1 fully saturated rings. The Hall–Kier alpha value is -1.77. The second-order valence-electron chi connectivity index (χ2n) is 3.49. The van der Waals surface area contributed by atoms with Gasteiger partial charge in [0, 0.05) is 0 Å². The SMILES string of the molecule is NC(=NO)c1cn[nH]c1NS(=O)(=O)C1CC1. The number of H-pyrrole nitrogens is 1. The van der Waals surface area contributed by atoms with Crippen molar-refractivity contribution in [2.45, 2.75) is 18.1 Å². The summed E-state index contributed by atoms with van der Waals surface area (Å²) < 4.78 is 25.6. The minimum absolute atomic E-state index is 0.113. The standard InChI is InChI=1S/C7H11N5O3S/c8-6(11-13)5-3-9-10-7(5)12-16(14,15)4-1-2-4/h3-4,13H,1-2H2,(H2,8,11)(H2,9,10,12). The molecule has 16 heavy (non-hydrogen) atoms. The van der Waals surface area contributed by atoms with E-state index < -0.39 is 10.0 Å². The molecule has 0 aliphatic heterocycles. The number of nitrogens with two attached hydrogens (primary N) is 1. The predicted molar refractivity (Wildman–Crippen MR) is 56.7 cm³/mol. The molecule has 0 atom stereocenters. The Morgan fingerprint density at radius 1 is 1.69 bits per heavy atom. The topological polar surface area (TPSA) is 133 Å². The molecule has 0 radical (unpaired) electrons. The molecule has 0 unspecified atom stereocenters. The summed E-state index contributed by atoms with van der Waals surface area (Å²) in [7, 11) is -3.39. The van der Waals surface area contributed by atoms with Gasteiger partial charge in [0.25, 0.3) is 0 Å². The number of aromatic amines is 1. The zero-order chi connectivity index (χ0) is 11.8. The van der Waals surface area contributed by atoms with Crippen LogP contribution in [0.2, 0.25) is 0 Å². The minimum atomic E-state index is -3.39. The molecule has 1 aromatic heterocycles. The molecule has 1 aliphatic rings. The van der Waals surface area contributed by atoms with Gasteiger partial charge in [-0.3, -0.25) is 9.82 Å². The molecule has 9 heteroatoms. The van der Waals surface area contributed by atoms with Crippen molar-refractivity contribution < 1.29 is 13.6 Å². The van der Waals surface area contributed by atoms with Gasteiger partial charge < -0.3 is 10.9 Å². The van der Waals surface area contributed by atoms with Gasteiger partial charge in [0.15, 0.2) is 5.84 Å². The van der Waals surface area contributed by atoms with Gasteiger partial charge in [-0.2, -0.15) is 5.10 Å². The van der Waals surface area contributed by atoms with E-state index in [1.165, 1.54) is 6.20 Å². The lowest BCUT2D eigenvalue weighted by Gasteiger charge is -2.05. The highest BCUT2D eigenvalue weighted by molar-refractivity contribution is 7.93. The molecule has 0 spiro atoms. The number of anilines is 1. The second kappa shape index (κ2) is 3.67. The Morgan fingerprint density at radius 3 is 2.94 bits per heavy atom. The molecular formula is C7H11N5O3S. The average molecular weight is 245 g/mol. The number of rotatable bonds is 4. The van der Waals surface area contributed by atoms with Crippen molar-refractivity contribution in [3.8, 4) is 0 Å². The molecule has 5 N–H and O–H groups in total. The van der Waals surface area contributed by atoms with Crippen LogP contribution >= 0.6 is 0 Å². The predicted octanol–water partition coefficient (Wildman–Crippen LogP) is -0.592. The van der Waals surface area contributed by atoms with Gasteiger partial charge in [-0.15, -0.1) is 0 Å². The molecule has 1 aromatic rings. The maximum absolute atomic E-state index is 11.6. The van der Waals surface area contributed by atoms with E-state index in [1.807, 2.05) is 0 Å². The van der Waals surface area contributed by atoms with Gasteiger partial charge >= 0.3 is 0 Å². The number of hydrogen-bond acceptors (Lipinski definition) is 5. The molecule has 0 amide bonds. The van der Waals surface area contributed by atoms with Crippen LogP contribution in [0.3, 0.4) is 0 Å². The van der Waals surface area contributed by atoms with E-state index in [0.29, 0.717) is 12.8 Å². The Morgan fingerprint density at radius 2 is 2.38 bits per heavy atom. The van der Waals surface area contributed by atoms with Crippen LogP contribution in [0.1, 0.15) is 18.4 Å². The summed E-state index contributed by atoms with van der Waals surface area (Å²) in [5.74, 6) is -0.0931. The van der Waals surface area contributed by atoms with Crippen molar-refractivity contribution >= 4 is 21.7 Å². The quantitative estimate of drug-likeness (QED) is 0.243. The van der Waals surface area contributed by atoms with Gasteiger partial charge in [0.05, 0.1) is 17.0 Å². The number of oxime groups is 1. The highest BCUT2D eigenvalue weighted by Crippen LogP contribution is 2.29. The van der Waals surface area contributed by atoms with E-state index in [1.54, 1.807) is 0 Å². The van der Waals surface area contributed by atoms with Crippen LogP contribution in [0.5, 0.6) is 0 Å². The van der Waals surface area contributed by atoms with E-state index in [0.717, 1.165) is 0 Å². The van der Waals surface area contributed by atoms with E-state index in [-0.39, 0.29) is 22.5 Å². The molecule has 0 aromatic carbocycles. The van der Waals surface area contributed by atoms with Crippen LogP contribution in [0.15, 0.2) is 11.4 Å². The number of nitrogens with zero attached hydrogens (tertiary/aromatic N) is 2. The molecule has 0 saturated heterocycles. The van der Waals surface area contributed by atoms with Gasteiger partial charge in [0.2, 0.25) is 10.0 Å². The summed E-state index contributed by atoms with van der Waals surface area (Å²) >= 11 is 0. The molecule has 1 aliphatic carbocycles. The smallest absolute Gasteiger partial charge is 0.236 e. The first-order valence-electron chi connectivity index (χ1n) is 4.57. The van der Waals surface area contributed by atoms with Crippen LogP contribution in [-0.4, -0.2) is 34.9 Å². The Bertz CT molecular complexity index is 516. The van der Waals surface area contributed by atoms with E-state index in [2.05, 4.69) is 20.1 Å². The van der Waals surface area contributed by atoms with E-state index in [9.17, 15) is 8.42 Å². The summed E-state index contributed by atoms with van der Waals surface area (Å²) in [5.41, 5.74) is 5.57. The third-order valence-electron chi connectivity index (χ3n) is 2.23. The summed E-state index contributed by atoms with van der Waals surface area (Å²) in [6.45, 7) is 0. The molecule has 2 rings (SSSR count). The van der Waals surface area contributed by atoms with Crippen molar-refractivity contribution in [3.63, 3.8) is 0 Å². The Labute approximate surface area is 91.6 Å². The fraction of sp³-hybridized carbons (Fsp3) is 0.429. The highest BCUT2D eigenvalue weighted by Gasteiger charge is 2.36. The second-order valence-corrected chi connectivity index (χ2v) is 5.45. The fourth-order valence-corrected chi connectivity index (χ4v) is 2.58. The zero-order valence-corrected chi connectivity index (χ0v) is 9.03. The maximum atomic E-state index is 11.6. The third-order valence-corrected chi connectivity index (χ3v) is 4.07. The van der Waals surface area contributed by atoms with Gasteiger partial charge in [-0.1, -0.05) is 5.16 Å². The maximum Gasteiger partial charge on any atom is 0.236 e. The van der Waals surface area contributed by atoms with Crippen molar-refractivity contribution in [2.75, 3.05) is 4.72 Å². The lowest BCUT2D eigenvalue weighted by atomic mass is 10.3. The minimum Gasteiger partial charge on any atom is -0.409 e. The normalized spacial score (nSPS) is 17.4. The lowest BCUT2D eigenvalue weighted by molar-refractivity contribution is 0.318. The highest BCUT2D eigenvalue weighted by atomic mass is 32.2. The van der Waals surface area contributed by atoms with Crippen molar-refractivity contribution in [3.05, 3.63) is 11.8 Å². The van der Waals surface area contributed by atoms with E-state index >= 15 is 0 Å². The van der Waals surface area contributed by atoms with Crippen LogP contribution in [0.4, 0.5) is 5.82 Å². The van der Waals surface area contributed by atoms with Gasteiger partial charge in [-0.25, -0.2) is 8.42 Å². The molecule has 0 bridgehead atoms. The average Bonchev–Trinajstić information content (AvgIpc) is 3.00. The first kappa shape index (κ1) is 10.7. The van der Waals surface area contributed by atoms with Crippen molar-refractivity contribution in [1.29, 1.82) is 0 Å². The summed E-state index contributed by atoms with van der Waals surface area (Å²) in [6, 6.07) is 0. The number of sulfonamides is 1. The van der Waals surface area contributed by atoms with Crippen molar-refractivity contribution in [2.24, 2.45) is 10.9 Å². The molecule has 1 heterocycles. The molecule has 88 valence electrons. The number of aromatic nitrogens is 2. The lowest BCUT2D eigenvalue weighted by Crippen LogP contribution is -2.21. The first-order valence-corrected chi connectivity index (χ1v) is 6.12. The first-order chi connectivity index (χ1) is 7.54. The van der Waals surface area contributed by atoms with Crippen molar-refractivity contribution in [1.82, 2.24) is 10.2 Å². The monoisotopic (exact) mass is 245 g/mol. The van der Waals surface area contributed by atoms with Crippen LogP contribution in [0.25, 0.3) is 0 Å². The summed E-state index contributed by atoms with van der Waals surface area (Å²) in [6.07, 6.45) is 2.59. The van der Waals surface area contributed by atoms with Crippen LogP contribution in [-0.2, 0) is 10.0 Å². The summed E-state index contributed by atoms with van der Waals surface area (Å²) in [4.78, 5) is 0. The van der Waals surface area contributed by atoms with Crippen LogP contribution in [0, 0.1) is 0 Å². The van der Waals surface area contributed by atoms with E-state index in [4.69, 9.17) is 10.9 Å².